The zero-order valence-corrected chi connectivity index (χ0v) is 12.6. The fraction of sp³-hybridized carbons (Fsp3) is 0.385. The van der Waals surface area contributed by atoms with Crippen LogP contribution in [0.3, 0.4) is 0 Å². The fourth-order valence-corrected chi connectivity index (χ4v) is 2.41. The molecule has 2 amide bonds. The molecule has 0 aliphatic carbocycles. The lowest BCUT2D eigenvalue weighted by Gasteiger charge is -2.33. The Morgan fingerprint density at radius 1 is 1.33 bits per heavy atom. The molecule has 0 spiro atoms. The summed E-state index contributed by atoms with van der Waals surface area (Å²) in [6.07, 6.45) is 0.331. The smallest absolute Gasteiger partial charge is 0.329 e. The normalized spacial score (nSPS) is 17.0. The summed E-state index contributed by atoms with van der Waals surface area (Å²) in [5.41, 5.74) is -1.41. The van der Waals surface area contributed by atoms with Crippen molar-refractivity contribution < 1.29 is 23.8 Å². The monoisotopic (exact) mass is 360 g/mol. The number of anilines is 1. The number of urea groups is 1. The standard InChI is InChI=1S/C13H14BrFN2O4/c14-8-1-2-10(9(15)7-8)16-12(20)17-13(11(18)19)3-5-21-6-4-13/h1-2,7H,3-6H2,(H,18,19)(H2,16,17,20). The van der Waals surface area contributed by atoms with Gasteiger partial charge in [-0.25, -0.2) is 14.0 Å². The average molecular weight is 361 g/mol. The summed E-state index contributed by atoms with van der Waals surface area (Å²) in [5.74, 6) is -1.74. The molecule has 1 aromatic carbocycles. The van der Waals surface area contributed by atoms with Crippen molar-refractivity contribution in [1.29, 1.82) is 0 Å². The molecule has 114 valence electrons. The molecule has 1 aromatic rings. The van der Waals surface area contributed by atoms with Crippen LogP contribution in [0.4, 0.5) is 14.9 Å². The first-order valence-electron chi connectivity index (χ1n) is 6.28. The number of carboxylic acids is 1. The first-order chi connectivity index (χ1) is 9.93. The highest BCUT2D eigenvalue weighted by Gasteiger charge is 2.41. The van der Waals surface area contributed by atoms with Gasteiger partial charge in [-0.15, -0.1) is 0 Å². The van der Waals surface area contributed by atoms with Crippen LogP contribution in [0.5, 0.6) is 0 Å². The number of carbonyl (C=O) groups is 2. The molecule has 1 fully saturated rings. The van der Waals surface area contributed by atoms with Crippen molar-refractivity contribution in [3.8, 4) is 0 Å². The zero-order valence-electron chi connectivity index (χ0n) is 11.0. The molecule has 6 nitrogen and oxygen atoms in total. The minimum absolute atomic E-state index is 0.0247. The molecule has 8 heteroatoms. The Hall–Kier alpha value is -1.67. The molecule has 1 aliphatic heterocycles. The van der Waals surface area contributed by atoms with Crippen LogP contribution >= 0.6 is 15.9 Å². The van der Waals surface area contributed by atoms with Crippen molar-refractivity contribution in [3.63, 3.8) is 0 Å². The summed E-state index contributed by atoms with van der Waals surface area (Å²) in [6.45, 7) is 0.498. The predicted molar refractivity (Wildman–Crippen MR) is 76.7 cm³/mol. The van der Waals surface area contributed by atoms with E-state index in [1.807, 2.05) is 0 Å². The van der Waals surface area contributed by atoms with Crippen LogP contribution in [0, 0.1) is 5.82 Å². The highest BCUT2D eigenvalue weighted by atomic mass is 79.9. The van der Waals surface area contributed by atoms with Crippen molar-refractivity contribution >= 4 is 33.6 Å². The Bertz CT molecular complexity index is 561. The van der Waals surface area contributed by atoms with Crippen molar-refractivity contribution in [2.24, 2.45) is 0 Å². The first kappa shape index (κ1) is 15.7. The number of aliphatic carboxylic acids is 1. The fourth-order valence-electron chi connectivity index (χ4n) is 2.07. The number of hydrogen-bond donors (Lipinski definition) is 3. The van der Waals surface area contributed by atoms with E-state index in [2.05, 4.69) is 26.6 Å². The highest BCUT2D eigenvalue weighted by Crippen LogP contribution is 2.22. The number of amides is 2. The molecule has 0 atom stereocenters. The molecule has 3 N–H and O–H groups in total. The molecular weight excluding hydrogens is 347 g/mol. The molecule has 1 heterocycles. The van der Waals surface area contributed by atoms with Gasteiger partial charge in [-0.2, -0.15) is 0 Å². The number of rotatable bonds is 3. The van der Waals surface area contributed by atoms with E-state index in [4.69, 9.17) is 4.74 Å². The topological polar surface area (TPSA) is 87.7 Å². The van der Waals surface area contributed by atoms with Gasteiger partial charge >= 0.3 is 12.0 Å². The number of hydrogen-bond acceptors (Lipinski definition) is 3. The van der Waals surface area contributed by atoms with Crippen LogP contribution < -0.4 is 10.6 Å². The summed E-state index contributed by atoms with van der Waals surface area (Å²) in [7, 11) is 0. The second-order valence-corrected chi connectivity index (χ2v) is 5.62. The number of halogens is 2. The molecule has 0 saturated carbocycles. The van der Waals surface area contributed by atoms with Crippen molar-refractivity contribution in [3.05, 3.63) is 28.5 Å². The SMILES string of the molecule is O=C(Nc1ccc(Br)cc1F)NC1(C(=O)O)CCOCC1. The molecule has 1 saturated heterocycles. The predicted octanol–water partition coefficient (Wildman–Crippen LogP) is 2.34. The van der Waals surface area contributed by atoms with Gasteiger partial charge in [0.05, 0.1) is 5.69 Å². The van der Waals surface area contributed by atoms with Crippen LogP contribution in [0.2, 0.25) is 0 Å². The molecule has 21 heavy (non-hydrogen) atoms. The van der Waals surface area contributed by atoms with Gasteiger partial charge < -0.3 is 20.5 Å². The van der Waals surface area contributed by atoms with Crippen molar-refractivity contribution in [2.45, 2.75) is 18.4 Å². The van der Waals surface area contributed by atoms with E-state index in [0.717, 1.165) is 0 Å². The van der Waals surface area contributed by atoms with E-state index in [0.29, 0.717) is 4.47 Å². The van der Waals surface area contributed by atoms with Gasteiger partial charge in [-0.1, -0.05) is 15.9 Å². The second kappa shape index (κ2) is 6.40. The number of carbonyl (C=O) groups excluding carboxylic acids is 1. The number of ether oxygens (including phenoxy) is 1. The Balaban J connectivity index is 2.07. The van der Waals surface area contributed by atoms with Crippen LogP contribution in [0.15, 0.2) is 22.7 Å². The minimum atomic E-state index is -1.38. The van der Waals surface area contributed by atoms with E-state index in [-0.39, 0.29) is 31.7 Å². The zero-order chi connectivity index (χ0) is 15.5. The minimum Gasteiger partial charge on any atom is -0.480 e. The lowest BCUT2D eigenvalue weighted by molar-refractivity contribution is -0.148. The third-order valence-corrected chi connectivity index (χ3v) is 3.78. The Labute approximate surface area is 128 Å². The van der Waals surface area contributed by atoms with Gasteiger partial charge in [-0.3, -0.25) is 0 Å². The maximum atomic E-state index is 13.6. The number of carboxylic acid groups (broad SMARTS) is 1. The molecule has 0 radical (unpaired) electrons. The van der Waals surface area contributed by atoms with Crippen molar-refractivity contribution in [2.75, 3.05) is 18.5 Å². The molecule has 2 rings (SSSR count). The van der Waals surface area contributed by atoms with Crippen LogP contribution in [-0.2, 0) is 9.53 Å². The molecule has 0 bridgehead atoms. The van der Waals surface area contributed by atoms with Gasteiger partial charge in [0.1, 0.15) is 11.4 Å². The van der Waals surface area contributed by atoms with Gasteiger partial charge in [0.2, 0.25) is 0 Å². The lowest BCUT2D eigenvalue weighted by Crippen LogP contribution is -2.58. The van der Waals surface area contributed by atoms with E-state index < -0.39 is 23.4 Å². The Morgan fingerprint density at radius 3 is 2.57 bits per heavy atom. The third-order valence-electron chi connectivity index (χ3n) is 3.29. The summed E-state index contributed by atoms with van der Waals surface area (Å²) < 4.78 is 19.3. The summed E-state index contributed by atoms with van der Waals surface area (Å²) in [4.78, 5) is 23.3. The first-order valence-corrected chi connectivity index (χ1v) is 7.08. The summed E-state index contributed by atoms with van der Waals surface area (Å²) in [5, 5.41) is 14.0. The Kier molecular flexibility index (Phi) is 4.79. The van der Waals surface area contributed by atoms with Gasteiger partial charge in [0, 0.05) is 30.5 Å². The molecular formula is C13H14BrFN2O4. The summed E-state index contributed by atoms with van der Waals surface area (Å²) in [6, 6.07) is 3.40. The van der Waals surface area contributed by atoms with E-state index in [9.17, 15) is 19.1 Å². The largest absolute Gasteiger partial charge is 0.480 e. The van der Waals surface area contributed by atoms with Crippen molar-refractivity contribution in [1.82, 2.24) is 5.32 Å². The number of benzene rings is 1. The average Bonchev–Trinajstić information content (AvgIpc) is 2.43. The van der Waals surface area contributed by atoms with E-state index in [1.165, 1.54) is 12.1 Å². The van der Waals surface area contributed by atoms with Crippen LogP contribution in [0.25, 0.3) is 0 Å². The molecule has 0 aromatic heterocycles. The van der Waals surface area contributed by atoms with Gasteiger partial charge in [0.25, 0.3) is 0 Å². The Morgan fingerprint density at radius 2 is 2.00 bits per heavy atom. The second-order valence-electron chi connectivity index (χ2n) is 4.70. The van der Waals surface area contributed by atoms with Crippen LogP contribution in [-0.4, -0.2) is 35.9 Å². The molecule has 0 unspecified atom stereocenters. The quantitative estimate of drug-likeness (QED) is 0.771. The van der Waals surface area contributed by atoms with Gasteiger partial charge in [0.15, 0.2) is 0 Å². The highest BCUT2D eigenvalue weighted by molar-refractivity contribution is 9.10. The maximum Gasteiger partial charge on any atom is 0.329 e. The maximum absolute atomic E-state index is 13.6. The van der Waals surface area contributed by atoms with E-state index >= 15 is 0 Å². The number of nitrogens with one attached hydrogen (secondary N) is 2. The molecule has 1 aliphatic rings. The van der Waals surface area contributed by atoms with Gasteiger partial charge in [-0.05, 0) is 18.2 Å². The van der Waals surface area contributed by atoms with Crippen LogP contribution in [0.1, 0.15) is 12.8 Å². The summed E-state index contributed by atoms with van der Waals surface area (Å²) >= 11 is 3.11. The lowest BCUT2D eigenvalue weighted by atomic mass is 9.90. The third kappa shape index (κ3) is 3.70. The van der Waals surface area contributed by atoms with E-state index in [1.54, 1.807) is 6.07 Å².